The summed E-state index contributed by atoms with van der Waals surface area (Å²) in [6.07, 6.45) is 0.511. The molecule has 2 N–H and O–H groups in total. The molecule has 1 rings (SSSR count). The van der Waals surface area contributed by atoms with Gasteiger partial charge in [-0.3, -0.25) is 4.79 Å². The van der Waals surface area contributed by atoms with Crippen LogP contribution in [-0.2, 0) is 16.0 Å². The minimum Gasteiger partial charge on any atom is -0.389 e. The van der Waals surface area contributed by atoms with Crippen LogP contribution in [0.5, 0.6) is 0 Å². The van der Waals surface area contributed by atoms with Crippen molar-refractivity contribution in [2.24, 2.45) is 0 Å². The first-order valence-corrected chi connectivity index (χ1v) is 5.70. The third-order valence-electron chi connectivity index (χ3n) is 2.38. The largest absolute Gasteiger partial charge is 0.389 e. The fraction of sp³-hybridized carbons (Fsp3) is 0.462. The first-order valence-electron chi connectivity index (χ1n) is 5.70. The maximum absolute atomic E-state index is 11.5. The van der Waals surface area contributed by atoms with E-state index in [9.17, 15) is 9.90 Å². The molecule has 0 aliphatic carbocycles. The summed E-state index contributed by atoms with van der Waals surface area (Å²) in [6.45, 7) is 0.473. The SMILES string of the molecule is COCC(O)CNC(=O)CCc1ccccc1. The number of nitrogens with one attached hydrogen (secondary N) is 1. The van der Waals surface area contributed by atoms with Crippen LogP contribution in [0.15, 0.2) is 30.3 Å². The molecular weight excluding hydrogens is 218 g/mol. The molecule has 17 heavy (non-hydrogen) atoms. The van der Waals surface area contributed by atoms with Gasteiger partial charge in [-0.15, -0.1) is 0 Å². The molecule has 1 atom stereocenters. The standard InChI is InChI=1S/C13H19NO3/c1-17-10-12(15)9-14-13(16)8-7-11-5-3-2-4-6-11/h2-6,12,15H,7-10H2,1H3,(H,14,16). The van der Waals surface area contributed by atoms with E-state index in [-0.39, 0.29) is 19.1 Å². The third-order valence-corrected chi connectivity index (χ3v) is 2.38. The van der Waals surface area contributed by atoms with Gasteiger partial charge >= 0.3 is 0 Å². The summed E-state index contributed by atoms with van der Waals surface area (Å²) in [5, 5.41) is 12.0. The molecular formula is C13H19NO3. The van der Waals surface area contributed by atoms with E-state index in [0.29, 0.717) is 12.8 Å². The summed E-state index contributed by atoms with van der Waals surface area (Å²) in [5.41, 5.74) is 1.14. The Hall–Kier alpha value is -1.39. The molecule has 1 aromatic rings. The van der Waals surface area contributed by atoms with Gasteiger partial charge in [0.1, 0.15) is 0 Å². The number of ether oxygens (including phenoxy) is 1. The molecule has 4 nitrogen and oxygen atoms in total. The quantitative estimate of drug-likeness (QED) is 0.735. The van der Waals surface area contributed by atoms with E-state index in [0.717, 1.165) is 5.56 Å². The Morgan fingerprint density at radius 3 is 2.76 bits per heavy atom. The lowest BCUT2D eigenvalue weighted by atomic mass is 10.1. The van der Waals surface area contributed by atoms with Gasteiger partial charge < -0.3 is 15.2 Å². The van der Waals surface area contributed by atoms with Crippen LogP contribution in [0.4, 0.5) is 0 Å². The van der Waals surface area contributed by atoms with Crippen molar-refractivity contribution < 1.29 is 14.6 Å². The monoisotopic (exact) mass is 237 g/mol. The number of aryl methyl sites for hydroxylation is 1. The Kier molecular flexibility index (Phi) is 6.29. The van der Waals surface area contributed by atoms with Crippen molar-refractivity contribution >= 4 is 5.91 Å². The zero-order chi connectivity index (χ0) is 12.5. The van der Waals surface area contributed by atoms with Crippen LogP contribution in [0.25, 0.3) is 0 Å². The van der Waals surface area contributed by atoms with Crippen molar-refractivity contribution in [2.75, 3.05) is 20.3 Å². The number of hydrogen-bond donors (Lipinski definition) is 2. The van der Waals surface area contributed by atoms with Crippen LogP contribution in [-0.4, -0.2) is 37.4 Å². The molecule has 4 heteroatoms. The number of amides is 1. The lowest BCUT2D eigenvalue weighted by Crippen LogP contribution is -2.34. The minimum atomic E-state index is -0.638. The summed E-state index contributed by atoms with van der Waals surface area (Å²) in [4.78, 5) is 11.5. The van der Waals surface area contributed by atoms with Crippen molar-refractivity contribution in [1.82, 2.24) is 5.32 Å². The molecule has 0 fully saturated rings. The normalized spacial score (nSPS) is 12.1. The molecule has 0 aliphatic heterocycles. The van der Waals surface area contributed by atoms with Gasteiger partial charge in [0.2, 0.25) is 5.91 Å². The first kappa shape index (κ1) is 13.7. The molecule has 0 spiro atoms. The number of carbonyl (C=O) groups is 1. The van der Waals surface area contributed by atoms with Crippen LogP contribution in [0.1, 0.15) is 12.0 Å². The smallest absolute Gasteiger partial charge is 0.220 e. The van der Waals surface area contributed by atoms with E-state index in [1.54, 1.807) is 0 Å². The highest BCUT2D eigenvalue weighted by atomic mass is 16.5. The summed E-state index contributed by atoms with van der Waals surface area (Å²) in [5.74, 6) is -0.0518. The summed E-state index contributed by atoms with van der Waals surface area (Å²) in [6, 6.07) is 9.84. The summed E-state index contributed by atoms with van der Waals surface area (Å²) < 4.78 is 4.76. The molecule has 0 bridgehead atoms. The molecule has 1 unspecified atom stereocenters. The Morgan fingerprint density at radius 1 is 1.41 bits per heavy atom. The van der Waals surface area contributed by atoms with E-state index < -0.39 is 6.10 Å². The number of aliphatic hydroxyl groups excluding tert-OH is 1. The third kappa shape index (κ3) is 6.04. The van der Waals surface area contributed by atoms with Gasteiger partial charge in [0.05, 0.1) is 12.7 Å². The van der Waals surface area contributed by atoms with Crippen LogP contribution in [0.2, 0.25) is 0 Å². The maximum atomic E-state index is 11.5. The zero-order valence-electron chi connectivity index (χ0n) is 10.1. The van der Waals surface area contributed by atoms with Gasteiger partial charge in [0.25, 0.3) is 0 Å². The fourth-order valence-corrected chi connectivity index (χ4v) is 1.47. The highest BCUT2D eigenvalue weighted by Gasteiger charge is 2.06. The Bertz CT molecular complexity index is 327. The summed E-state index contributed by atoms with van der Waals surface area (Å²) >= 11 is 0. The molecule has 0 saturated carbocycles. The van der Waals surface area contributed by atoms with Crippen molar-refractivity contribution in [3.05, 3.63) is 35.9 Å². The molecule has 1 aromatic carbocycles. The molecule has 0 heterocycles. The molecule has 0 aliphatic rings. The minimum absolute atomic E-state index is 0.0518. The lowest BCUT2D eigenvalue weighted by Gasteiger charge is -2.10. The zero-order valence-corrected chi connectivity index (χ0v) is 10.1. The predicted molar refractivity (Wildman–Crippen MR) is 65.7 cm³/mol. The number of rotatable bonds is 7. The van der Waals surface area contributed by atoms with E-state index in [2.05, 4.69) is 5.32 Å². The van der Waals surface area contributed by atoms with E-state index in [1.165, 1.54) is 7.11 Å². The van der Waals surface area contributed by atoms with Gasteiger partial charge in [0.15, 0.2) is 0 Å². The van der Waals surface area contributed by atoms with E-state index >= 15 is 0 Å². The second-order valence-corrected chi connectivity index (χ2v) is 3.90. The number of aliphatic hydroxyl groups is 1. The van der Waals surface area contributed by atoms with Crippen LogP contribution < -0.4 is 5.32 Å². The summed E-state index contributed by atoms with van der Waals surface area (Å²) in [7, 11) is 1.51. The van der Waals surface area contributed by atoms with Crippen molar-refractivity contribution in [3.63, 3.8) is 0 Å². The second kappa shape index (κ2) is 7.81. The van der Waals surface area contributed by atoms with Crippen LogP contribution in [0.3, 0.4) is 0 Å². The van der Waals surface area contributed by atoms with Crippen molar-refractivity contribution in [1.29, 1.82) is 0 Å². The van der Waals surface area contributed by atoms with Crippen molar-refractivity contribution in [3.8, 4) is 0 Å². The number of benzene rings is 1. The van der Waals surface area contributed by atoms with Crippen LogP contribution >= 0.6 is 0 Å². The van der Waals surface area contributed by atoms with Gasteiger partial charge in [0, 0.05) is 20.1 Å². The van der Waals surface area contributed by atoms with E-state index in [1.807, 2.05) is 30.3 Å². The van der Waals surface area contributed by atoms with Crippen molar-refractivity contribution in [2.45, 2.75) is 18.9 Å². The first-order chi connectivity index (χ1) is 8.22. The predicted octanol–water partition coefficient (Wildman–Crippen LogP) is 0.743. The topological polar surface area (TPSA) is 58.6 Å². The fourth-order valence-electron chi connectivity index (χ4n) is 1.47. The molecule has 0 aromatic heterocycles. The number of methoxy groups -OCH3 is 1. The average Bonchev–Trinajstić information content (AvgIpc) is 2.35. The number of hydrogen-bond acceptors (Lipinski definition) is 3. The van der Waals surface area contributed by atoms with Gasteiger partial charge in [-0.05, 0) is 12.0 Å². The second-order valence-electron chi connectivity index (χ2n) is 3.90. The lowest BCUT2D eigenvalue weighted by molar-refractivity contribution is -0.121. The maximum Gasteiger partial charge on any atom is 0.220 e. The molecule has 0 radical (unpaired) electrons. The number of carbonyl (C=O) groups excluding carboxylic acids is 1. The molecule has 1 amide bonds. The highest BCUT2D eigenvalue weighted by Crippen LogP contribution is 2.01. The van der Waals surface area contributed by atoms with Gasteiger partial charge in [-0.2, -0.15) is 0 Å². The van der Waals surface area contributed by atoms with E-state index in [4.69, 9.17) is 4.74 Å². The van der Waals surface area contributed by atoms with Gasteiger partial charge in [-0.1, -0.05) is 30.3 Å². The van der Waals surface area contributed by atoms with Gasteiger partial charge in [-0.25, -0.2) is 0 Å². The average molecular weight is 237 g/mol. The molecule has 94 valence electrons. The Labute approximate surface area is 102 Å². The highest BCUT2D eigenvalue weighted by molar-refractivity contribution is 5.76. The Morgan fingerprint density at radius 2 is 2.12 bits per heavy atom. The van der Waals surface area contributed by atoms with Crippen LogP contribution in [0, 0.1) is 0 Å². The molecule has 0 saturated heterocycles. The Balaban J connectivity index is 2.17.